The van der Waals surface area contributed by atoms with Crippen LogP contribution in [0.2, 0.25) is 0 Å². The summed E-state index contributed by atoms with van der Waals surface area (Å²) in [6.07, 6.45) is 3.16. The molecule has 0 spiro atoms. The first kappa shape index (κ1) is 46.2. The Bertz CT molecular complexity index is 1990. The fourth-order valence-electron chi connectivity index (χ4n) is 8.02. The number of aliphatic carboxylic acids is 1. The number of aliphatic hydroxyl groups is 1. The van der Waals surface area contributed by atoms with Gasteiger partial charge in [-0.1, -0.05) is 132 Å². The molecule has 1 aliphatic heterocycles. The third kappa shape index (κ3) is 12.6. The lowest BCUT2D eigenvalue weighted by molar-refractivity contribution is -0.143. The Morgan fingerprint density at radius 2 is 1.52 bits per heavy atom. The number of nitrogens with one attached hydrogen (secondary N) is 2. The van der Waals surface area contributed by atoms with Crippen LogP contribution in [0.3, 0.4) is 0 Å². The second-order valence-corrected chi connectivity index (χ2v) is 17.8. The molecule has 0 aliphatic carbocycles. The van der Waals surface area contributed by atoms with E-state index in [1.165, 1.54) is 11.3 Å². The van der Waals surface area contributed by atoms with Crippen LogP contribution in [-0.4, -0.2) is 86.4 Å². The quantitative estimate of drug-likeness (QED) is 0.0706. The standard InChI is InChI=1S/C48H63N5O6S/c1-7-32(4)43(51-45(56)40-20-14-15-25-52(40)6)47(57)53(29-35-16-10-8-11-17-35)41(31(2)3)28-42(54)46-50-39(30-60-46)44(55)49-38(26-33(5)48(58)59)27-34-21-23-37(24-22-34)36-18-12-9-13-19-36/h8-13,16-19,21-24,30-33,38,40-43,54H,7,14-15,20,25-29H2,1-6H3,(H,49,55)(H,51,56)(H,58,59). The number of hydrogen-bond donors (Lipinski definition) is 4. The summed E-state index contributed by atoms with van der Waals surface area (Å²) in [5.41, 5.74) is 4.17. The molecule has 5 rings (SSSR count). The second-order valence-electron chi connectivity index (χ2n) is 16.9. The summed E-state index contributed by atoms with van der Waals surface area (Å²) in [7, 11) is 1.96. The summed E-state index contributed by atoms with van der Waals surface area (Å²) in [5, 5.41) is 29.6. The molecule has 0 radical (unpaired) electrons. The maximum Gasteiger partial charge on any atom is 0.306 e. The van der Waals surface area contributed by atoms with E-state index >= 15 is 0 Å². The predicted molar refractivity (Wildman–Crippen MR) is 237 cm³/mol. The Kier molecular flexibility index (Phi) is 17.0. The number of rotatable bonds is 20. The number of aromatic nitrogens is 1. The number of likely N-dealkylation sites (tertiary alicyclic amines) is 1. The van der Waals surface area contributed by atoms with E-state index in [0.29, 0.717) is 17.8 Å². The van der Waals surface area contributed by atoms with Gasteiger partial charge in [0.2, 0.25) is 11.8 Å². The van der Waals surface area contributed by atoms with Gasteiger partial charge in [-0.25, -0.2) is 4.98 Å². The van der Waals surface area contributed by atoms with Crippen LogP contribution in [0.5, 0.6) is 0 Å². The van der Waals surface area contributed by atoms with Crippen LogP contribution in [-0.2, 0) is 27.3 Å². The summed E-state index contributed by atoms with van der Waals surface area (Å²) < 4.78 is 0. The summed E-state index contributed by atoms with van der Waals surface area (Å²) in [6.45, 7) is 10.8. The molecule has 7 atom stereocenters. The van der Waals surface area contributed by atoms with Gasteiger partial charge in [0.15, 0.2) is 0 Å². The average Bonchev–Trinajstić information content (AvgIpc) is 3.75. The van der Waals surface area contributed by atoms with Gasteiger partial charge in [-0.15, -0.1) is 11.3 Å². The average molecular weight is 838 g/mol. The smallest absolute Gasteiger partial charge is 0.306 e. The van der Waals surface area contributed by atoms with Crippen LogP contribution < -0.4 is 10.6 Å². The van der Waals surface area contributed by atoms with Gasteiger partial charge in [0.1, 0.15) is 22.8 Å². The molecule has 0 saturated carbocycles. The minimum Gasteiger partial charge on any atom is -0.481 e. The van der Waals surface area contributed by atoms with Crippen LogP contribution in [0, 0.1) is 17.8 Å². The van der Waals surface area contributed by atoms with Gasteiger partial charge in [-0.2, -0.15) is 0 Å². The van der Waals surface area contributed by atoms with Gasteiger partial charge in [0, 0.05) is 30.4 Å². The molecule has 1 saturated heterocycles. The summed E-state index contributed by atoms with van der Waals surface area (Å²) in [6, 6.07) is 25.8. The van der Waals surface area contributed by atoms with Crippen molar-refractivity contribution in [2.24, 2.45) is 17.8 Å². The molecule has 60 heavy (non-hydrogen) atoms. The van der Waals surface area contributed by atoms with Gasteiger partial charge in [-0.3, -0.25) is 24.1 Å². The highest BCUT2D eigenvalue weighted by Gasteiger charge is 2.38. The Morgan fingerprint density at radius 3 is 2.13 bits per heavy atom. The summed E-state index contributed by atoms with van der Waals surface area (Å²) in [5.74, 6) is -2.63. The zero-order chi connectivity index (χ0) is 43.3. The molecule has 2 heterocycles. The molecule has 12 heteroatoms. The number of carbonyl (C=O) groups is 4. The third-order valence-electron chi connectivity index (χ3n) is 11.9. The van der Waals surface area contributed by atoms with E-state index in [1.807, 2.05) is 125 Å². The fourth-order valence-corrected chi connectivity index (χ4v) is 8.82. The zero-order valence-electron chi connectivity index (χ0n) is 35.9. The Labute approximate surface area is 359 Å². The van der Waals surface area contributed by atoms with Crippen LogP contribution in [0.4, 0.5) is 0 Å². The molecule has 3 aromatic carbocycles. The lowest BCUT2D eigenvalue weighted by atomic mass is 9.91. The molecule has 1 aliphatic rings. The number of amides is 3. The van der Waals surface area contributed by atoms with E-state index in [0.717, 1.165) is 48.1 Å². The van der Waals surface area contributed by atoms with Gasteiger partial charge >= 0.3 is 5.97 Å². The minimum atomic E-state index is -1.09. The number of hydrogen-bond acceptors (Lipinski definition) is 8. The fraction of sp³-hybridized carbons (Fsp3) is 0.479. The highest BCUT2D eigenvalue weighted by molar-refractivity contribution is 7.09. The number of thiazole rings is 1. The van der Waals surface area contributed by atoms with Gasteiger partial charge in [0.25, 0.3) is 5.91 Å². The topological polar surface area (TPSA) is 152 Å². The van der Waals surface area contributed by atoms with Gasteiger partial charge in [0.05, 0.1) is 12.0 Å². The molecule has 4 N–H and O–H groups in total. The second kappa shape index (κ2) is 22.1. The molecular formula is C48H63N5O6S. The molecule has 322 valence electrons. The first-order valence-electron chi connectivity index (χ1n) is 21.4. The first-order chi connectivity index (χ1) is 28.7. The largest absolute Gasteiger partial charge is 0.481 e. The monoisotopic (exact) mass is 837 g/mol. The number of benzene rings is 3. The molecule has 0 bridgehead atoms. The zero-order valence-corrected chi connectivity index (χ0v) is 36.7. The van der Waals surface area contributed by atoms with Crippen molar-refractivity contribution in [3.8, 4) is 11.1 Å². The summed E-state index contributed by atoms with van der Waals surface area (Å²) >= 11 is 1.17. The molecule has 4 aromatic rings. The maximum absolute atomic E-state index is 14.9. The SMILES string of the molecule is CCC(C)C(NC(=O)C1CCCCN1C)C(=O)N(Cc1ccccc1)C(CC(O)c1nc(C(=O)NC(Cc2ccc(-c3ccccc3)cc2)CC(C)C(=O)O)cs1)C(C)C. The van der Waals surface area contributed by atoms with Gasteiger partial charge < -0.3 is 25.7 Å². The Morgan fingerprint density at radius 1 is 0.867 bits per heavy atom. The third-order valence-corrected chi connectivity index (χ3v) is 12.9. The van der Waals surface area contributed by atoms with Crippen LogP contribution in [0.25, 0.3) is 11.1 Å². The van der Waals surface area contributed by atoms with Crippen molar-refractivity contribution in [2.45, 2.75) is 116 Å². The van der Waals surface area contributed by atoms with Crippen molar-refractivity contribution < 1.29 is 29.4 Å². The normalized spacial score (nSPS) is 17.5. The lowest BCUT2D eigenvalue weighted by Gasteiger charge is -2.40. The minimum absolute atomic E-state index is 0.0773. The lowest BCUT2D eigenvalue weighted by Crippen LogP contribution is -2.58. The van der Waals surface area contributed by atoms with Crippen LogP contribution in [0.15, 0.2) is 90.3 Å². The van der Waals surface area contributed by atoms with E-state index in [9.17, 15) is 29.4 Å². The Balaban J connectivity index is 1.33. The van der Waals surface area contributed by atoms with Crippen LogP contribution in [0.1, 0.15) is 106 Å². The number of aliphatic hydroxyl groups excluding tert-OH is 1. The number of likely N-dealkylation sites (N-methyl/N-ethyl adjacent to an activating group) is 1. The highest BCUT2D eigenvalue weighted by atomic mass is 32.1. The van der Waals surface area contributed by atoms with Crippen molar-refractivity contribution in [2.75, 3.05) is 13.6 Å². The first-order valence-corrected chi connectivity index (χ1v) is 22.3. The Hall–Kier alpha value is -4.91. The maximum atomic E-state index is 14.9. The predicted octanol–water partition coefficient (Wildman–Crippen LogP) is 7.75. The van der Waals surface area contributed by atoms with Crippen molar-refractivity contribution >= 4 is 35.0 Å². The van der Waals surface area contributed by atoms with Crippen molar-refractivity contribution in [1.82, 2.24) is 25.4 Å². The van der Waals surface area contributed by atoms with Gasteiger partial charge in [-0.05, 0) is 73.4 Å². The van der Waals surface area contributed by atoms with E-state index < -0.39 is 42.0 Å². The number of nitrogens with zero attached hydrogens (tertiary/aromatic N) is 3. The van der Waals surface area contributed by atoms with Crippen LogP contribution >= 0.6 is 11.3 Å². The van der Waals surface area contributed by atoms with E-state index in [-0.39, 0.29) is 54.8 Å². The molecule has 1 fully saturated rings. The molecule has 1 aromatic heterocycles. The molecule has 11 nitrogen and oxygen atoms in total. The molecular weight excluding hydrogens is 775 g/mol. The number of carboxylic acid groups (broad SMARTS) is 1. The van der Waals surface area contributed by atoms with E-state index in [4.69, 9.17) is 0 Å². The van der Waals surface area contributed by atoms with E-state index in [1.54, 1.807) is 12.3 Å². The number of carbonyl (C=O) groups excluding carboxylic acids is 3. The van der Waals surface area contributed by atoms with Crippen molar-refractivity contribution in [3.63, 3.8) is 0 Å². The molecule has 7 unspecified atom stereocenters. The van der Waals surface area contributed by atoms with Crippen molar-refractivity contribution in [3.05, 3.63) is 112 Å². The molecule has 3 amide bonds. The highest BCUT2D eigenvalue weighted by Crippen LogP contribution is 2.30. The van der Waals surface area contributed by atoms with Crippen molar-refractivity contribution in [1.29, 1.82) is 0 Å². The number of piperidine rings is 1. The van der Waals surface area contributed by atoms with E-state index in [2.05, 4.69) is 20.5 Å². The summed E-state index contributed by atoms with van der Waals surface area (Å²) in [4.78, 5) is 62.6. The number of carboxylic acids is 1.